The van der Waals surface area contributed by atoms with Crippen LogP contribution in [0.3, 0.4) is 0 Å². The Kier molecular flexibility index (Phi) is 4.34. The van der Waals surface area contributed by atoms with Crippen molar-refractivity contribution in [1.29, 1.82) is 0 Å². The standard InChI is InChI=1S/C16H16ClFN4O/c1-10-3-5-22(21-10)9-16(23)19-4-2-11-8-20-15-7-14(18)13(17)6-12(11)15/h3,5-8,20H,2,4,9H2,1H3,(H,19,23). The summed E-state index contributed by atoms with van der Waals surface area (Å²) in [6.07, 6.45) is 4.21. The van der Waals surface area contributed by atoms with Crippen molar-refractivity contribution >= 4 is 28.4 Å². The molecule has 2 aromatic heterocycles. The fourth-order valence-corrected chi connectivity index (χ4v) is 2.64. The number of nitrogens with one attached hydrogen (secondary N) is 2. The maximum absolute atomic E-state index is 13.4. The van der Waals surface area contributed by atoms with Crippen LogP contribution in [-0.4, -0.2) is 27.2 Å². The van der Waals surface area contributed by atoms with Crippen LogP contribution in [-0.2, 0) is 17.8 Å². The van der Waals surface area contributed by atoms with E-state index in [1.807, 2.05) is 19.2 Å². The third-order valence-electron chi connectivity index (χ3n) is 3.60. The molecule has 1 aromatic carbocycles. The number of aromatic nitrogens is 3. The number of carbonyl (C=O) groups excluding carboxylic acids is 1. The zero-order chi connectivity index (χ0) is 16.4. The Morgan fingerprint density at radius 3 is 3.04 bits per heavy atom. The number of amides is 1. The third kappa shape index (κ3) is 3.53. The first-order valence-electron chi connectivity index (χ1n) is 7.24. The first-order valence-corrected chi connectivity index (χ1v) is 7.62. The maximum Gasteiger partial charge on any atom is 0.241 e. The molecule has 1 amide bonds. The summed E-state index contributed by atoms with van der Waals surface area (Å²) >= 11 is 5.82. The van der Waals surface area contributed by atoms with Gasteiger partial charge in [0.15, 0.2) is 0 Å². The number of halogens is 2. The topological polar surface area (TPSA) is 62.7 Å². The Balaban J connectivity index is 1.58. The molecule has 23 heavy (non-hydrogen) atoms. The summed E-state index contributed by atoms with van der Waals surface area (Å²) in [6.45, 7) is 2.55. The van der Waals surface area contributed by atoms with Gasteiger partial charge in [-0.15, -0.1) is 0 Å². The van der Waals surface area contributed by atoms with Gasteiger partial charge in [0, 0.05) is 29.8 Å². The molecule has 7 heteroatoms. The van der Waals surface area contributed by atoms with Crippen molar-refractivity contribution in [3.05, 3.63) is 52.7 Å². The van der Waals surface area contributed by atoms with E-state index < -0.39 is 5.82 Å². The number of nitrogens with zero attached hydrogens (tertiary/aromatic N) is 2. The van der Waals surface area contributed by atoms with E-state index in [1.165, 1.54) is 6.07 Å². The molecule has 0 fully saturated rings. The quantitative estimate of drug-likeness (QED) is 0.753. The number of rotatable bonds is 5. The third-order valence-corrected chi connectivity index (χ3v) is 3.89. The number of fused-ring (bicyclic) bond motifs is 1. The van der Waals surface area contributed by atoms with Gasteiger partial charge >= 0.3 is 0 Å². The van der Waals surface area contributed by atoms with Gasteiger partial charge in [-0.25, -0.2) is 4.39 Å². The minimum Gasteiger partial charge on any atom is -0.361 e. The normalized spacial score (nSPS) is 11.1. The average Bonchev–Trinajstić information content (AvgIpc) is 3.07. The maximum atomic E-state index is 13.4. The number of aromatic amines is 1. The molecule has 0 aliphatic rings. The van der Waals surface area contributed by atoms with Crippen LogP contribution in [0.4, 0.5) is 4.39 Å². The summed E-state index contributed by atoms with van der Waals surface area (Å²) in [5, 5.41) is 7.98. The molecule has 0 saturated heterocycles. The highest BCUT2D eigenvalue weighted by Crippen LogP contribution is 2.25. The van der Waals surface area contributed by atoms with E-state index in [0.29, 0.717) is 18.5 Å². The Hall–Kier alpha value is -2.34. The zero-order valence-electron chi connectivity index (χ0n) is 12.6. The molecule has 2 N–H and O–H groups in total. The summed E-state index contributed by atoms with van der Waals surface area (Å²) in [5.41, 5.74) is 2.55. The number of benzene rings is 1. The lowest BCUT2D eigenvalue weighted by molar-refractivity contribution is -0.121. The van der Waals surface area contributed by atoms with Crippen LogP contribution in [0.25, 0.3) is 10.9 Å². The smallest absolute Gasteiger partial charge is 0.241 e. The first-order chi connectivity index (χ1) is 11.0. The van der Waals surface area contributed by atoms with Gasteiger partial charge in [-0.2, -0.15) is 5.10 Å². The average molecular weight is 335 g/mol. The molecule has 0 bridgehead atoms. The van der Waals surface area contributed by atoms with Crippen LogP contribution < -0.4 is 5.32 Å². The first kappa shape index (κ1) is 15.6. The molecular weight excluding hydrogens is 319 g/mol. The van der Waals surface area contributed by atoms with Crippen molar-refractivity contribution in [2.45, 2.75) is 19.9 Å². The fourth-order valence-electron chi connectivity index (χ4n) is 2.47. The molecule has 0 aliphatic heterocycles. The zero-order valence-corrected chi connectivity index (χ0v) is 13.3. The monoisotopic (exact) mass is 334 g/mol. The van der Waals surface area contributed by atoms with Crippen LogP contribution in [0, 0.1) is 12.7 Å². The number of hydrogen-bond donors (Lipinski definition) is 2. The molecule has 0 spiro atoms. The van der Waals surface area contributed by atoms with Crippen molar-refractivity contribution in [2.24, 2.45) is 0 Å². The van der Waals surface area contributed by atoms with Crippen LogP contribution in [0.5, 0.6) is 0 Å². The van der Waals surface area contributed by atoms with Gasteiger partial charge < -0.3 is 10.3 Å². The summed E-state index contributed by atoms with van der Waals surface area (Å²) < 4.78 is 15.0. The van der Waals surface area contributed by atoms with E-state index in [2.05, 4.69) is 15.4 Å². The second-order valence-electron chi connectivity index (χ2n) is 5.38. The van der Waals surface area contributed by atoms with Crippen LogP contribution in [0.2, 0.25) is 5.02 Å². The molecule has 3 rings (SSSR count). The molecule has 5 nitrogen and oxygen atoms in total. The van der Waals surface area contributed by atoms with Crippen molar-refractivity contribution in [3.8, 4) is 0 Å². The number of aryl methyl sites for hydroxylation is 1. The van der Waals surface area contributed by atoms with E-state index in [-0.39, 0.29) is 17.5 Å². The second kappa shape index (κ2) is 6.42. The molecular formula is C16H16ClFN4O. The highest BCUT2D eigenvalue weighted by atomic mass is 35.5. The lowest BCUT2D eigenvalue weighted by Gasteiger charge is -2.05. The Labute approximate surface area is 137 Å². The minimum atomic E-state index is -0.449. The Bertz CT molecular complexity index is 855. The van der Waals surface area contributed by atoms with Gasteiger partial charge in [-0.05, 0) is 37.1 Å². The van der Waals surface area contributed by atoms with E-state index in [0.717, 1.165) is 16.6 Å². The molecule has 2 heterocycles. The molecule has 0 atom stereocenters. The van der Waals surface area contributed by atoms with Crippen molar-refractivity contribution in [2.75, 3.05) is 6.54 Å². The Morgan fingerprint density at radius 2 is 2.30 bits per heavy atom. The lowest BCUT2D eigenvalue weighted by atomic mass is 10.1. The molecule has 0 saturated carbocycles. The largest absolute Gasteiger partial charge is 0.361 e. The van der Waals surface area contributed by atoms with Gasteiger partial charge in [-0.3, -0.25) is 9.48 Å². The van der Waals surface area contributed by atoms with Gasteiger partial charge in [0.2, 0.25) is 5.91 Å². The van der Waals surface area contributed by atoms with Crippen LogP contribution in [0.15, 0.2) is 30.6 Å². The van der Waals surface area contributed by atoms with Gasteiger partial charge in [0.1, 0.15) is 12.4 Å². The van der Waals surface area contributed by atoms with Crippen molar-refractivity contribution in [3.63, 3.8) is 0 Å². The van der Waals surface area contributed by atoms with Gasteiger partial charge in [0.05, 0.1) is 10.7 Å². The Morgan fingerprint density at radius 1 is 1.48 bits per heavy atom. The number of carbonyl (C=O) groups is 1. The molecule has 0 unspecified atom stereocenters. The van der Waals surface area contributed by atoms with Crippen molar-refractivity contribution in [1.82, 2.24) is 20.1 Å². The predicted octanol–water partition coefficient (Wildman–Crippen LogP) is 2.82. The highest BCUT2D eigenvalue weighted by molar-refractivity contribution is 6.31. The van der Waals surface area contributed by atoms with Gasteiger partial charge in [-0.1, -0.05) is 11.6 Å². The van der Waals surface area contributed by atoms with Crippen LogP contribution in [0.1, 0.15) is 11.3 Å². The fraction of sp³-hybridized carbons (Fsp3) is 0.250. The minimum absolute atomic E-state index is 0.0939. The van der Waals surface area contributed by atoms with Crippen LogP contribution >= 0.6 is 11.6 Å². The van der Waals surface area contributed by atoms with E-state index >= 15 is 0 Å². The SMILES string of the molecule is Cc1ccn(CC(=O)NCCc2c[nH]c3cc(F)c(Cl)cc23)n1. The lowest BCUT2D eigenvalue weighted by Crippen LogP contribution is -2.29. The summed E-state index contributed by atoms with van der Waals surface area (Å²) in [4.78, 5) is 14.9. The molecule has 0 radical (unpaired) electrons. The van der Waals surface area contributed by atoms with Crippen molar-refractivity contribution < 1.29 is 9.18 Å². The molecule has 0 aliphatic carbocycles. The summed E-state index contributed by atoms with van der Waals surface area (Å²) in [5.74, 6) is -0.549. The number of H-pyrrole nitrogens is 1. The summed E-state index contributed by atoms with van der Waals surface area (Å²) in [7, 11) is 0. The number of hydrogen-bond acceptors (Lipinski definition) is 2. The molecule has 3 aromatic rings. The highest BCUT2D eigenvalue weighted by Gasteiger charge is 2.09. The van der Waals surface area contributed by atoms with E-state index in [1.54, 1.807) is 16.9 Å². The predicted molar refractivity (Wildman–Crippen MR) is 86.9 cm³/mol. The second-order valence-corrected chi connectivity index (χ2v) is 5.79. The summed E-state index contributed by atoms with van der Waals surface area (Å²) in [6, 6.07) is 4.83. The van der Waals surface area contributed by atoms with E-state index in [4.69, 9.17) is 11.6 Å². The molecule has 120 valence electrons. The van der Waals surface area contributed by atoms with E-state index in [9.17, 15) is 9.18 Å². The van der Waals surface area contributed by atoms with Gasteiger partial charge in [0.25, 0.3) is 0 Å².